The number of ether oxygens (including phenoxy) is 1. The van der Waals surface area contributed by atoms with E-state index in [9.17, 15) is 5.11 Å². The number of aliphatic hydroxyl groups excluding tert-OH is 1. The first-order valence-corrected chi connectivity index (χ1v) is 6.55. The Morgan fingerprint density at radius 1 is 1.56 bits per heavy atom. The maximum absolute atomic E-state index is 10.1. The van der Waals surface area contributed by atoms with Crippen LogP contribution in [-0.2, 0) is 0 Å². The summed E-state index contributed by atoms with van der Waals surface area (Å²) in [6, 6.07) is 5.81. The molecule has 2 rings (SSSR count). The molecular formula is C13H17BrO2. The molecule has 0 saturated heterocycles. The summed E-state index contributed by atoms with van der Waals surface area (Å²) in [5.74, 6) is 1.30. The third kappa shape index (κ3) is 2.25. The molecule has 0 aliphatic carbocycles. The number of hydrogen-bond acceptors (Lipinski definition) is 2. The van der Waals surface area contributed by atoms with Crippen molar-refractivity contribution in [1.82, 2.24) is 0 Å². The van der Waals surface area contributed by atoms with Crippen LogP contribution in [0.5, 0.6) is 5.75 Å². The normalized spacial score (nSPS) is 25.8. The first kappa shape index (κ1) is 11.9. The van der Waals surface area contributed by atoms with Crippen LogP contribution in [0, 0.1) is 5.92 Å². The van der Waals surface area contributed by atoms with Gasteiger partial charge in [0.15, 0.2) is 0 Å². The van der Waals surface area contributed by atoms with Crippen molar-refractivity contribution >= 4 is 15.9 Å². The zero-order chi connectivity index (χ0) is 11.7. The van der Waals surface area contributed by atoms with Crippen molar-refractivity contribution in [3.8, 4) is 5.75 Å². The number of hydrogen-bond donors (Lipinski definition) is 1. The van der Waals surface area contributed by atoms with Gasteiger partial charge in [0.05, 0.1) is 6.10 Å². The van der Waals surface area contributed by atoms with Crippen LogP contribution < -0.4 is 4.74 Å². The van der Waals surface area contributed by atoms with Crippen LogP contribution in [0.15, 0.2) is 22.7 Å². The highest BCUT2D eigenvalue weighted by atomic mass is 79.9. The van der Waals surface area contributed by atoms with Crippen molar-refractivity contribution in [2.24, 2.45) is 5.92 Å². The molecule has 2 nitrogen and oxygen atoms in total. The molecule has 3 heteroatoms. The quantitative estimate of drug-likeness (QED) is 0.898. The number of benzene rings is 1. The monoisotopic (exact) mass is 284 g/mol. The smallest absolute Gasteiger partial charge is 0.125 e. The van der Waals surface area contributed by atoms with E-state index in [2.05, 4.69) is 29.8 Å². The molecule has 16 heavy (non-hydrogen) atoms. The molecule has 3 unspecified atom stereocenters. The van der Waals surface area contributed by atoms with E-state index in [-0.39, 0.29) is 6.10 Å². The van der Waals surface area contributed by atoms with Gasteiger partial charge in [-0.05, 0) is 24.1 Å². The minimum absolute atomic E-state index is 0.133. The SMILES string of the molecule is CCC(C)C1CC(O)c2cc(Br)ccc2O1. The van der Waals surface area contributed by atoms with Crippen molar-refractivity contribution in [2.45, 2.75) is 38.9 Å². The molecule has 0 spiro atoms. The van der Waals surface area contributed by atoms with Crippen LogP contribution in [0.4, 0.5) is 0 Å². The number of fused-ring (bicyclic) bond motifs is 1. The second kappa shape index (κ2) is 4.76. The van der Waals surface area contributed by atoms with Crippen LogP contribution in [-0.4, -0.2) is 11.2 Å². The molecule has 1 N–H and O–H groups in total. The Hall–Kier alpha value is -0.540. The maximum Gasteiger partial charge on any atom is 0.125 e. The average molecular weight is 285 g/mol. The number of aliphatic hydroxyl groups is 1. The standard InChI is InChI=1S/C13H17BrO2/c1-3-8(2)13-7-11(15)10-6-9(14)4-5-12(10)16-13/h4-6,8,11,13,15H,3,7H2,1-2H3. The minimum Gasteiger partial charge on any atom is -0.490 e. The lowest BCUT2D eigenvalue weighted by molar-refractivity contribution is 0.0375. The van der Waals surface area contributed by atoms with E-state index in [1.54, 1.807) is 0 Å². The van der Waals surface area contributed by atoms with E-state index in [0.717, 1.165) is 22.2 Å². The van der Waals surface area contributed by atoms with Crippen LogP contribution in [0.3, 0.4) is 0 Å². The first-order chi connectivity index (χ1) is 7.61. The second-order valence-corrected chi connectivity index (χ2v) is 5.39. The predicted molar refractivity (Wildman–Crippen MR) is 67.6 cm³/mol. The lowest BCUT2D eigenvalue weighted by Crippen LogP contribution is -2.31. The van der Waals surface area contributed by atoms with E-state index in [1.165, 1.54) is 0 Å². The number of halogens is 1. The molecule has 0 radical (unpaired) electrons. The van der Waals surface area contributed by atoms with Crippen molar-refractivity contribution < 1.29 is 9.84 Å². The van der Waals surface area contributed by atoms with Gasteiger partial charge in [-0.1, -0.05) is 36.2 Å². The Morgan fingerprint density at radius 2 is 2.31 bits per heavy atom. The summed E-state index contributed by atoms with van der Waals surface area (Å²) in [5, 5.41) is 10.1. The Balaban J connectivity index is 2.26. The molecule has 0 aromatic heterocycles. The summed E-state index contributed by atoms with van der Waals surface area (Å²) in [6.07, 6.45) is 1.50. The van der Waals surface area contributed by atoms with Crippen LogP contribution >= 0.6 is 15.9 Å². The summed E-state index contributed by atoms with van der Waals surface area (Å²) in [4.78, 5) is 0. The molecule has 1 aliphatic rings. The largest absolute Gasteiger partial charge is 0.490 e. The molecule has 0 fully saturated rings. The molecule has 0 amide bonds. The zero-order valence-corrected chi connectivity index (χ0v) is 11.2. The molecule has 1 aromatic carbocycles. The molecule has 3 atom stereocenters. The van der Waals surface area contributed by atoms with Crippen molar-refractivity contribution in [3.05, 3.63) is 28.2 Å². The molecule has 0 bridgehead atoms. The highest BCUT2D eigenvalue weighted by Crippen LogP contribution is 2.38. The van der Waals surface area contributed by atoms with Gasteiger partial charge in [-0.3, -0.25) is 0 Å². The zero-order valence-electron chi connectivity index (χ0n) is 9.61. The summed E-state index contributed by atoms with van der Waals surface area (Å²) in [7, 11) is 0. The molecular weight excluding hydrogens is 268 g/mol. The Labute approximate surface area is 105 Å². The minimum atomic E-state index is -0.403. The van der Waals surface area contributed by atoms with Gasteiger partial charge in [0.1, 0.15) is 11.9 Å². The molecule has 0 saturated carbocycles. The van der Waals surface area contributed by atoms with Crippen LogP contribution in [0.25, 0.3) is 0 Å². The highest BCUT2D eigenvalue weighted by molar-refractivity contribution is 9.10. The lowest BCUT2D eigenvalue weighted by Gasteiger charge is -2.33. The van der Waals surface area contributed by atoms with Crippen molar-refractivity contribution in [3.63, 3.8) is 0 Å². The Bertz CT molecular complexity index is 378. The Morgan fingerprint density at radius 3 is 3.00 bits per heavy atom. The highest BCUT2D eigenvalue weighted by Gasteiger charge is 2.29. The van der Waals surface area contributed by atoms with E-state index in [4.69, 9.17) is 4.74 Å². The number of rotatable bonds is 2. The fourth-order valence-electron chi connectivity index (χ4n) is 2.06. The fraction of sp³-hybridized carbons (Fsp3) is 0.538. The third-order valence-electron chi connectivity index (χ3n) is 3.34. The van der Waals surface area contributed by atoms with Crippen LogP contribution in [0.1, 0.15) is 38.4 Å². The maximum atomic E-state index is 10.1. The van der Waals surface area contributed by atoms with E-state index in [0.29, 0.717) is 12.3 Å². The topological polar surface area (TPSA) is 29.5 Å². The summed E-state index contributed by atoms with van der Waals surface area (Å²) >= 11 is 3.41. The van der Waals surface area contributed by atoms with Crippen molar-refractivity contribution in [1.29, 1.82) is 0 Å². The summed E-state index contributed by atoms with van der Waals surface area (Å²) < 4.78 is 6.91. The summed E-state index contributed by atoms with van der Waals surface area (Å²) in [5.41, 5.74) is 0.897. The van der Waals surface area contributed by atoms with E-state index in [1.807, 2.05) is 18.2 Å². The molecule has 88 valence electrons. The van der Waals surface area contributed by atoms with Crippen LogP contribution in [0.2, 0.25) is 0 Å². The van der Waals surface area contributed by atoms with Gasteiger partial charge in [-0.25, -0.2) is 0 Å². The van der Waals surface area contributed by atoms with Gasteiger partial charge in [0.25, 0.3) is 0 Å². The average Bonchev–Trinajstić information content (AvgIpc) is 2.28. The second-order valence-electron chi connectivity index (χ2n) is 4.48. The summed E-state index contributed by atoms with van der Waals surface area (Å²) in [6.45, 7) is 4.32. The van der Waals surface area contributed by atoms with Gasteiger partial charge < -0.3 is 9.84 Å². The fourth-order valence-corrected chi connectivity index (χ4v) is 2.44. The Kier molecular flexibility index (Phi) is 3.55. The van der Waals surface area contributed by atoms with Gasteiger partial charge in [-0.15, -0.1) is 0 Å². The van der Waals surface area contributed by atoms with E-state index < -0.39 is 6.10 Å². The molecule has 1 heterocycles. The van der Waals surface area contributed by atoms with Gasteiger partial charge in [0.2, 0.25) is 0 Å². The third-order valence-corrected chi connectivity index (χ3v) is 3.84. The van der Waals surface area contributed by atoms with Gasteiger partial charge >= 0.3 is 0 Å². The van der Waals surface area contributed by atoms with E-state index >= 15 is 0 Å². The molecule has 1 aromatic rings. The lowest BCUT2D eigenvalue weighted by atomic mass is 9.91. The first-order valence-electron chi connectivity index (χ1n) is 5.76. The predicted octanol–water partition coefficient (Wildman–Crippen LogP) is 3.68. The van der Waals surface area contributed by atoms with Gasteiger partial charge in [-0.2, -0.15) is 0 Å². The van der Waals surface area contributed by atoms with Crippen molar-refractivity contribution in [2.75, 3.05) is 0 Å². The van der Waals surface area contributed by atoms with Gasteiger partial charge in [0, 0.05) is 16.5 Å². The molecule has 1 aliphatic heterocycles.